The molecule has 0 aromatic heterocycles. The summed E-state index contributed by atoms with van der Waals surface area (Å²) in [5, 5.41) is 0. The van der Waals surface area contributed by atoms with E-state index in [0.717, 1.165) is 13.2 Å². The summed E-state index contributed by atoms with van der Waals surface area (Å²) >= 11 is 0. The zero-order valence-corrected chi connectivity index (χ0v) is 7.08. The van der Waals surface area contributed by atoms with Crippen molar-refractivity contribution in [1.29, 1.82) is 0 Å². The third kappa shape index (κ3) is 4.06. The monoisotopic (exact) mass is 169 g/mol. The topological polar surface area (TPSA) is 45.2 Å². The lowest BCUT2D eigenvalue weighted by atomic mass is 10.4. The van der Waals surface area contributed by atoms with Gasteiger partial charge in [0.15, 0.2) is 0 Å². The van der Waals surface area contributed by atoms with Crippen LogP contribution in [-0.4, -0.2) is 38.3 Å². The van der Waals surface area contributed by atoms with Crippen LogP contribution in [0, 0.1) is 0 Å². The SMILES string of the molecule is CC[NH+]1CCOCC1.O.[Cl-]. The van der Waals surface area contributed by atoms with Crippen molar-refractivity contribution in [2.75, 3.05) is 32.8 Å². The van der Waals surface area contributed by atoms with E-state index in [1.165, 1.54) is 19.6 Å². The molecule has 0 aliphatic carbocycles. The molecule has 0 amide bonds. The quantitative estimate of drug-likeness (QED) is 0.421. The highest BCUT2D eigenvalue weighted by atomic mass is 35.5. The first-order valence-electron chi connectivity index (χ1n) is 3.35. The predicted octanol–water partition coefficient (Wildman–Crippen LogP) is -4.90. The van der Waals surface area contributed by atoms with Crippen molar-refractivity contribution in [1.82, 2.24) is 0 Å². The minimum atomic E-state index is 0. The lowest BCUT2D eigenvalue weighted by molar-refractivity contribution is -0.906. The minimum Gasteiger partial charge on any atom is -1.00 e. The first-order valence-corrected chi connectivity index (χ1v) is 3.35. The van der Waals surface area contributed by atoms with E-state index in [4.69, 9.17) is 4.74 Å². The molecule has 0 aromatic rings. The Hall–Kier alpha value is 0.170. The van der Waals surface area contributed by atoms with Crippen LogP contribution < -0.4 is 17.3 Å². The zero-order valence-electron chi connectivity index (χ0n) is 6.32. The van der Waals surface area contributed by atoms with Crippen molar-refractivity contribution >= 4 is 0 Å². The van der Waals surface area contributed by atoms with Gasteiger partial charge in [-0.15, -0.1) is 0 Å². The van der Waals surface area contributed by atoms with Crippen LogP contribution >= 0.6 is 0 Å². The van der Waals surface area contributed by atoms with Crippen molar-refractivity contribution < 1.29 is 27.5 Å². The Balaban J connectivity index is 0. The van der Waals surface area contributed by atoms with E-state index < -0.39 is 0 Å². The third-order valence-corrected chi connectivity index (χ3v) is 1.70. The number of ether oxygens (including phenoxy) is 1. The Morgan fingerprint density at radius 1 is 1.30 bits per heavy atom. The fourth-order valence-corrected chi connectivity index (χ4v) is 1.01. The summed E-state index contributed by atoms with van der Waals surface area (Å²) in [5.74, 6) is 0. The molecule has 0 bridgehead atoms. The highest BCUT2D eigenvalue weighted by molar-refractivity contribution is 4.36. The zero-order chi connectivity index (χ0) is 5.82. The molecule has 10 heavy (non-hydrogen) atoms. The Morgan fingerprint density at radius 3 is 2.10 bits per heavy atom. The summed E-state index contributed by atoms with van der Waals surface area (Å²) in [4.78, 5) is 1.68. The van der Waals surface area contributed by atoms with Crippen LogP contribution in [0.4, 0.5) is 0 Å². The average Bonchev–Trinajstić information content (AvgIpc) is 1.90. The van der Waals surface area contributed by atoms with Gasteiger partial charge in [-0.25, -0.2) is 0 Å². The van der Waals surface area contributed by atoms with Gasteiger partial charge in [-0.05, 0) is 6.92 Å². The lowest BCUT2D eigenvalue weighted by Crippen LogP contribution is -3.13. The average molecular weight is 170 g/mol. The van der Waals surface area contributed by atoms with Gasteiger partial charge >= 0.3 is 0 Å². The second kappa shape index (κ2) is 7.28. The molecule has 1 heterocycles. The molecule has 1 aliphatic rings. The molecule has 0 spiro atoms. The molecule has 3 N–H and O–H groups in total. The van der Waals surface area contributed by atoms with Crippen LogP contribution in [0.3, 0.4) is 0 Å². The molecule has 0 radical (unpaired) electrons. The Kier molecular flexibility index (Phi) is 9.33. The minimum absolute atomic E-state index is 0. The number of hydrogen-bond donors (Lipinski definition) is 1. The molecule has 1 saturated heterocycles. The van der Waals surface area contributed by atoms with Crippen molar-refractivity contribution in [3.05, 3.63) is 0 Å². The summed E-state index contributed by atoms with van der Waals surface area (Å²) in [6, 6.07) is 0. The Labute approximate surface area is 68.1 Å². The molecule has 0 aromatic carbocycles. The predicted molar refractivity (Wildman–Crippen MR) is 35.7 cm³/mol. The van der Waals surface area contributed by atoms with E-state index in [1.807, 2.05) is 0 Å². The molecular weight excluding hydrogens is 154 g/mol. The van der Waals surface area contributed by atoms with Crippen molar-refractivity contribution in [2.45, 2.75) is 6.92 Å². The molecule has 0 atom stereocenters. The van der Waals surface area contributed by atoms with Gasteiger partial charge in [0.05, 0.1) is 19.8 Å². The molecular formula is C6H16ClNO2. The summed E-state index contributed by atoms with van der Waals surface area (Å²) < 4.78 is 5.18. The van der Waals surface area contributed by atoms with E-state index in [9.17, 15) is 0 Å². The van der Waals surface area contributed by atoms with E-state index in [2.05, 4.69) is 6.92 Å². The number of nitrogens with one attached hydrogen (secondary N) is 1. The number of morpholine rings is 1. The normalized spacial score (nSPS) is 18.9. The Bertz CT molecular complexity index is 66.8. The fourth-order valence-electron chi connectivity index (χ4n) is 1.01. The van der Waals surface area contributed by atoms with Gasteiger partial charge in [0, 0.05) is 0 Å². The van der Waals surface area contributed by atoms with Gasteiger partial charge < -0.3 is 27.5 Å². The van der Waals surface area contributed by atoms with Crippen molar-refractivity contribution in [3.8, 4) is 0 Å². The van der Waals surface area contributed by atoms with Crippen LogP contribution in [0.25, 0.3) is 0 Å². The van der Waals surface area contributed by atoms with Crippen molar-refractivity contribution in [3.63, 3.8) is 0 Å². The molecule has 1 aliphatic heterocycles. The molecule has 3 nitrogen and oxygen atoms in total. The summed E-state index contributed by atoms with van der Waals surface area (Å²) in [7, 11) is 0. The molecule has 0 unspecified atom stereocenters. The summed E-state index contributed by atoms with van der Waals surface area (Å²) in [6.07, 6.45) is 0. The number of likely N-dealkylation sites (N-methyl/N-ethyl adjacent to an activating group) is 1. The first-order chi connectivity index (χ1) is 3.93. The van der Waals surface area contributed by atoms with Crippen LogP contribution in [0.5, 0.6) is 0 Å². The number of halogens is 1. The maximum Gasteiger partial charge on any atom is 0.101 e. The smallest absolute Gasteiger partial charge is 0.101 e. The summed E-state index contributed by atoms with van der Waals surface area (Å²) in [5.41, 5.74) is 0. The van der Waals surface area contributed by atoms with Crippen LogP contribution in [0.2, 0.25) is 0 Å². The van der Waals surface area contributed by atoms with Gasteiger partial charge in [0.1, 0.15) is 13.1 Å². The molecule has 64 valence electrons. The number of hydrogen-bond acceptors (Lipinski definition) is 1. The molecule has 0 saturated carbocycles. The third-order valence-electron chi connectivity index (χ3n) is 1.70. The first kappa shape index (κ1) is 12.8. The van der Waals surface area contributed by atoms with Gasteiger partial charge in [0.2, 0.25) is 0 Å². The van der Waals surface area contributed by atoms with E-state index >= 15 is 0 Å². The van der Waals surface area contributed by atoms with E-state index in [1.54, 1.807) is 4.90 Å². The lowest BCUT2D eigenvalue weighted by Gasteiger charge is -2.21. The van der Waals surface area contributed by atoms with Gasteiger partial charge in [-0.1, -0.05) is 0 Å². The molecule has 1 fully saturated rings. The van der Waals surface area contributed by atoms with Gasteiger partial charge in [0.25, 0.3) is 0 Å². The molecule has 1 rings (SSSR count). The second-order valence-corrected chi connectivity index (χ2v) is 2.22. The maximum atomic E-state index is 5.18. The summed E-state index contributed by atoms with van der Waals surface area (Å²) in [6.45, 7) is 7.81. The fraction of sp³-hybridized carbons (Fsp3) is 1.00. The van der Waals surface area contributed by atoms with Crippen LogP contribution in [0.1, 0.15) is 6.92 Å². The highest BCUT2D eigenvalue weighted by Gasteiger charge is 2.09. The van der Waals surface area contributed by atoms with Crippen LogP contribution in [0.15, 0.2) is 0 Å². The van der Waals surface area contributed by atoms with Gasteiger partial charge in [-0.2, -0.15) is 0 Å². The largest absolute Gasteiger partial charge is 1.00 e. The standard InChI is InChI=1S/C6H13NO.ClH.H2O/c1-2-7-3-5-8-6-4-7;;/h2-6H2,1H3;1H;1H2. The van der Waals surface area contributed by atoms with Crippen LogP contribution in [-0.2, 0) is 4.74 Å². The highest BCUT2D eigenvalue weighted by Crippen LogP contribution is 1.73. The van der Waals surface area contributed by atoms with E-state index in [-0.39, 0.29) is 17.9 Å². The number of quaternary nitrogens is 1. The van der Waals surface area contributed by atoms with Gasteiger partial charge in [-0.3, -0.25) is 0 Å². The maximum absolute atomic E-state index is 5.18. The van der Waals surface area contributed by atoms with E-state index in [0.29, 0.717) is 0 Å². The molecule has 4 heteroatoms. The van der Waals surface area contributed by atoms with Crippen molar-refractivity contribution in [2.24, 2.45) is 0 Å². The number of rotatable bonds is 1. The Morgan fingerprint density at radius 2 is 1.80 bits per heavy atom. The second-order valence-electron chi connectivity index (χ2n) is 2.22.